The fraction of sp³-hybridized carbons (Fsp3) is 0.333. The zero-order chi connectivity index (χ0) is 19.3. The van der Waals surface area contributed by atoms with Crippen molar-refractivity contribution in [3.63, 3.8) is 0 Å². The van der Waals surface area contributed by atoms with Gasteiger partial charge >= 0.3 is 5.76 Å². The Morgan fingerprint density at radius 1 is 1.14 bits per heavy atom. The summed E-state index contributed by atoms with van der Waals surface area (Å²) >= 11 is 0. The number of aromatic nitrogens is 3. The average molecular weight is 377 g/mol. The molecule has 0 atom stereocenters. The van der Waals surface area contributed by atoms with Crippen LogP contribution in [0.25, 0.3) is 22.1 Å². The summed E-state index contributed by atoms with van der Waals surface area (Å²) in [6, 6.07) is 11.8. The predicted molar refractivity (Wildman–Crippen MR) is 110 cm³/mol. The maximum atomic E-state index is 12.3. The molecule has 1 aliphatic heterocycles. The molecular weight excluding hydrogens is 354 g/mol. The SMILES string of the molecule is Cc1cc(N2CCN(C)CC2)cc2[nH]c(Cn3c(=O)oc4ccccc43)nc12. The fourth-order valence-electron chi connectivity index (χ4n) is 3.96. The highest BCUT2D eigenvalue weighted by Gasteiger charge is 2.17. The van der Waals surface area contributed by atoms with Gasteiger partial charge in [-0.15, -0.1) is 0 Å². The van der Waals surface area contributed by atoms with E-state index in [0.29, 0.717) is 12.1 Å². The highest BCUT2D eigenvalue weighted by atomic mass is 16.4. The Labute approximate surface area is 162 Å². The number of imidazole rings is 1. The smallest absolute Gasteiger partial charge is 0.408 e. The molecule has 7 heteroatoms. The number of H-pyrrole nitrogens is 1. The largest absolute Gasteiger partial charge is 0.420 e. The third kappa shape index (κ3) is 2.88. The first kappa shape index (κ1) is 17.1. The Hall–Kier alpha value is -3.06. The van der Waals surface area contributed by atoms with Crippen LogP contribution in [0, 0.1) is 6.92 Å². The lowest BCUT2D eigenvalue weighted by molar-refractivity contribution is 0.313. The van der Waals surface area contributed by atoms with Crippen molar-refractivity contribution in [2.24, 2.45) is 0 Å². The Morgan fingerprint density at radius 3 is 2.75 bits per heavy atom. The monoisotopic (exact) mass is 377 g/mol. The molecule has 2 aromatic heterocycles. The zero-order valence-corrected chi connectivity index (χ0v) is 16.1. The van der Waals surface area contributed by atoms with Gasteiger partial charge in [0.05, 0.1) is 23.1 Å². The lowest BCUT2D eigenvalue weighted by Crippen LogP contribution is -2.44. The molecule has 0 spiro atoms. The highest BCUT2D eigenvalue weighted by molar-refractivity contribution is 5.83. The van der Waals surface area contributed by atoms with Crippen LogP contribution >= 0.6 is 0 Å². The number of hydrogen-bond donors (Lipinski definition) is 1. The van der Waals surface area contributed by atoms with Crippen LogP contribution in [-0.4, -0.2) is 52.7 Å². The maximum Gasteiger partial charge on any atom is 0.420 e. The number of piperazine rings is 1. The molecule has 5 rings (SSSR count). The van der Waals surface area contributed by atoms with Crippen LogP contribution in [0.3, 0.4) is 0 Å². The Kier molecular flexibility index (Phi) is 3.98. The molecule has 0 aliphatic carbocycles. The number of likely N-dealkylation sites (N-methyl/N-ethyl adjacent to an activating group) is 1. The molecule has 0 radical (unpaired) electrons. The molecule has 0 amide bonds. The highest BCUT2D eigenvalue weighted by Crippen LogP contribution is 2.26. The topological polar surface area (TPSA) is 70.3 Å². The van der Waals surface area contributed by atoms with Crippen molar-refractivity contribution < 1.29 is 4.42 Å². The lowest BCUT2D eigenvalue weighted by atomic mass is 10.1. The minimum absolute atomic E-state index is 0.355. The molecule has 0 saturated carbocycles. The van der Waals surface area contributed by atoms with E-state index in [1.807, 2.05) is 18.2 Å². The van der Waals surface area contributed by atoms with E-state index in [4.69, 9.17) is 9.40 Å². The summed E-state index contributed by atoms with van der Waals surface area (Å²) < 4.78 is 6.95. The van der Waals surface area contributed by atoms with Crippen LogP contribution in [-0.2, 0) is 6.54 Å². The van der Waals surface area contributed by atoms with Gasteiger partial charge in [-0.1, -0.05) is 12.1 Å². The number of aryl methyl sites for hydroxylation is 1. The molecule has 0 bridgehead atoms. The number of oxazole rings is 1. The molecule has 144 valence electrons. The van der Waals surface area contributed by atoms with E-state index >= 15 is 0 Å². The van der Waals surface area contributed by atoms with Crippen molar-refractivity contribution in [1.29, 1.82) is 0 Å². The molecule has 1 fully saturated rings. The first-order chi connectivity index (χ1) is 13.6. The van der Waals surface area contributed by atoms with Crippen molar-refractivity contribution in [1.82, 2.24) is 19.4 Å². The van der Waals surface area contributed by atoms with Gasteiger partial charge in [0.15, 0.2) is 5.58 Å². The summed E-state index contributed by atoms with van der Waals surface area (Å²) in [4.78, 5) is 25.2. The number of nitrogens with zero attached hydrogens (tertiary/aromatic N) is 4. The summed E-state index contributed by atoms with van der Waals surface area (Å²) in [7, 11) is 2.16. The van der Waals surface area contributed by atoms with Crippen molar-refractivity contribution in [3.05, 3.63) is 58.3 Å². The Bertz CT molecular complexity index is 1210. The van der Waals surface area contributed by atoms with Gasteiger partial charge in [0, 0.05) is 31.9 Å². The zero-order valence-electron chi connectivity index (χ0n) is 16.1. The molecule has 1 N–H and O–H groups in total. The lowest BCUT2D eigenvalue weighted by Gasteiger charge is -2.34. The van der Waals surface area contributed by atoms with Crippen LogP contribution in [0.2, 0.25) is 0 Å². The van der Waals surface area contributed by atoms with Crippen LogP contribution in [0.15, 0.2) is 45.6 Å². The fourth-order valence-corrected chi connectivity index (χ4v) is 3.96. The summed E-state index contributed by atoms with van der Waals surface area (Å²) in [5.74, 6) is 0.388. The van der Waals surface area contributed by atoms with Crippen LogP contribution in [0.1, 0.15) is 11.4 Å². The number of nitrogens with one attached hydrogen (secondary N) is 1. The minimum atomic E-state index is -0.364. The number of rotatable bonds is 3. The van der Waals surface area contributed by atoms with E-state index in [2.05, 4.69) is 40.9 Å². The van der Waals surface area contributed by atoms with E-state index in [-0.39, 0.29) is 5.76 Å². The number of aromatic amines is 1. The van der Waals surface area contributed by atoms with E-state index in [1.165, 1.54) is 5.69 Å². The number of benzene rings is 2. The average Bonchev–Trinajstić information content (AvgIpc) is 3.24. The summed E-state index contributed by atoms with van der Waals surface area (Å²) in [6.07, 6.45) is 0. The van der Waals surface area contributed by atoms with Crippen LogP contribution in [0.4, 0.5) is 5.69 Å². The second kappa shape index (κ2) is 6.53. The van der Waals surface area contributed by atoms with Gasteiger partial charge in [0.1, 0.15) is 5.82 Å². The van der Waals surface area contributed by atoms with E-state index in [1.54, 1.807) is 10.6 Å². The summed E-state index contributed by atoms with van der Waals surface area (Å²) in [5.41, 5.74) is 5.69. The quantitative estimate of drug-likeness (QED) is 0.594. The number of hydrogen-bond acceptors (Lipinski definition) is 5. The van der Waals surface area contributed by atoms with Crippen molar-refractivity contribution in [2.75, 3.05) is 38.1 Å². The second-order valence-corrected chi connectivity index (χ2v) is 7.55. The Balaban J connectivity index is 1.50. The van der Waals surface area contributed by atoms with Crippen molar-refractivity contribution in [3.8, 4) is 0 Å². The second-order valence-electron chi connectivity index (χ2n) is 7.55. The van der Waals surface area contributed by atoms with Gasteiger partial charge < -0.3 is 19.2 Å². The molecule has 2 aromatic carbocycles. The van der Waals surface area contributed by atoms with Crippen LogP contribution in [0.5, 0.6) is 0 Å². The summed E-state index contributed by atoms with van der Waals surface area (Å²) in [5, 5.41) is 0. The normalized spacial score (nSPS) is 15.7. The molecule has 28 heavy (non-hydrogen) atoms. The number of fused-ring (bicyclic) bond motifs is 2. The van der Waals surface area contributed by atoms with E-state index < -0.39 is 0 Å². The third-order valence-corrected chi connectivity index (χ3v) is 5.56. The maximum absolute atomic E-state index is 12.3. The van der Waals surface area contributed by atoms with Crippen molar-refractivity contribution >= 4 is 27.8 Å². The van der Waals surface area contributed by atoms with Gasteiger partial charge in [-0.05, 0) is 43.8 Å². The molecule has 3 heterocycles. The molecule has 7 nitrogen and oxygen atoms in total. The number of para-hydroxylation sites is 2. The Morgan fingerprint density at radius 2 is 1.93 bits per heavy atom. The van der Waals surface area contributed by atoms with Gasteiger partial charge in [-0.3, -0.25) is 4.57 Å². The van der Waals surface area contributed by atoms with E-state index in [0.717, 1.165) is 54.1 Å². The van der Waals surface area contributed by atoms with Crippen LogP contribution < -0.4 is 10.7 Å². The first-order valence-corrected chi connectivity index (χ1v) is 9.59. The molecule has 0 unspecified atom stereocenters. The molecule has 4 aromatic rings. The summed E-state index contributed by atoms with van der Waals surface area (Å²) in [6.45, 7) is 6.64. The molecule has 1 aliphatic rings. The van der Waals surface area contributed by atoms with Gasteiger partial charge in [-0.2, -0.15) is 0 Å². The number of anilines is 1. The predicted octanol–water partition coefficient (Wildman–Crippen LogP) is 2.58. The standard InChI is InChI=1S/C21H23N5O2/c1-14-11-15(25-9-7-24(2)8-10-25)12-16-20(14)23-19(22-16)13-26-17-5-3-4-6-18(17)28-21(26)27/h3-6,11-12H,7-10,13H2,1-2H3,(H,22,23). The van der Waals surface area contributed by atoms with Gasteiger partial charge in [0.25, 0.3) is 0 Å². The molecular formula is C21H23N5O2. The van der Waals surface area contributed by atoms with Gasteiger partial charge in [-0.25, -0.2) is 9.78 Å². The third-order valence-electron chi connectivity index (χ3n) is 5.56. The first-order valence-electron chi connectivity index (χ1n) is 9.59. The minimum Gasteiger partial charge on any atom is -0.408 e. The van der Waals surface area contributed by atoms with Crippen molar-refractivity contribution in [2.45, 2.75) is 13.5 Å². The van der Waals surface area contributed by atoms with E-state index in [9.17, 15) is 4.79 Å². The van der Waals surface area contributed by atoms with Gasteiger partial charge in [0.2, 0.25) is 0 Å². The molecule has 1 saturated heterocycles.